The van der Waals surface area contributed by atoms with Gasteiger partial charge in [-0.1, -0.05) is 18.2 Å². The molecule has 0 spiro atoms. The summed E-state index contributed by atoms with van der Waals surface area (Å²) in [5, 5.41) is 0. The predicted molar refractivity (Wildman–Crippen MR) is 52.4 cm³/mol. The van der Waals surface area contributed by atoms with Crippen molar-refractivity contribution in [2.24, 2.45) is 0 Å². The third-order valence-electron chi connectivity index (χ3n) is 1.88. The van der Waals surface area contributed by atoms with Gasteiger partial charge in [0.1, 0.15) is 0 Å². The van der Waals surface area contributed by atoms with Gasteiger partial charge < -0.3 is 4.57 Å². The van der Waals surface area contributed by atoms with E-state index in [4.69, 9.17) is 4.57 Å². The van der Waals surface area contributed by atoms with E-state index >= 15 is 0 Å². The van der Waals surface area contributed by atoms with Crippen molar-refractivity contribution in [3.05, 3.63) is 34.9 Å². The Labute approximate surface area is 70.1 Å². The van der Waals surface area contributed by atoms with Gasteiger partial charge in [-0.05, 0) is 37.5 Å². The van der Waals surface area contributed by atoms with Crippen LogP contribution < -0.4 is 0 Å². The van der Waals surface area contributed by atoms with Crippen molar-refractivity contribution in [1.29, 1.82) is 0 Å². The van der Waals surface area contributed by atoms with Crippen LogP contribution in [-0.4, -0.2) is 0 Å². The highest BCUT2D eigenvalue weighted by molar-refractivity contribution is 7.00. The molecule has 0 aliphatic rings. The zero-order chi connectivity index (χ0) is 8.85. The molecule has 1 nitrogen and oxygen atoms in total. The van der Waals surface area contributed by atoms with Gasteiger partial charge in [-0.2, -0.15) is 0 Å². The van der Waals surface area contributed by atoms with E-state index in [1.165, 1.54) is 16.7 Å². The summed E-state index contributed by atoms with van der Waals surface area (Å²) in [5.41, 5.74) is 4.18. The van der Waals surface area contributed by atoms with Crippen LogP contribution in [0.5, 0.6) is 0 Å². The molecule has 0 saturated heterocycles. The molecule has 11 heavy (non-hydrogen) atoms. The van der Waals surface area contributed by atoms with E-state index in [-0.39, 0.29) is 0 Å². The molecule has 0 aliphatic carbocycles. The zero-order valence-electron chi connectivity index (χ0n) is 7.35. The largest absolute Gasteiger partial charge is 0.333 e. The van der Waals surface area contributed by atoms with Crippen LogP contribution in [0.25, 0.3) is 0 Å². The second kappa shape index (κ2) is 5.15. The summed E-state index contributed by atoms with van der Waals surface area (Å²) in [6.07, 6.45) is 0. The molecule has 2 heteroatoms. The van der Waals surface area contributed by atoms with Crippen LogP contribution in [0.15, 0.2) is 18.2 Å². The summed E-state index contributed by atoms with van der Waals surface area (Å²) >= 11 is 0. The Hall–Kier alpha value is -0.550. The van der Waals surface area contributed by atoms with Crippen molar-refractivity contribution < 1.29 is 4.57 Å². The maximum Gasteiger partial charge on any atom is 0.0527 e. The first-order valence-electron chi connectivity index (χ1n) is 3.53. The molecule has 0 heterocycles. The van der Waals surface area contributed by atoms with E-state index in [1.54, 1.807) is 0 Å². The van der Waals surface area contributed by atoms with Crippen molar-refractivity contribution in [1.82, 2.24) is 0 Å². The van der Waals surface area contributed by atoms with E-state index in [0.717, 1.165) is 0 Å². The van der Waals surface area contributed by atoms with Crippen molar-refractivity contribution in [3.63, 3.8) is 0 Å². The van der Waals surface area contributed by atoms with E-state index < -0.39 is 0 Å². The average molecular weight is 170 g/mol. The standard InChI is InChI=1S/C9H12.H3OP/c1-7-5-4-6-8(2)9(7)3;1-2/h4-6H,1-3H3;2H3. The molecule has 0 amide bonds. The second-order valence-corrected chi connectivity index (χ2v) is 2.52. The van der Waals surface area contributed by atoms with Crippen LogP contribution in [0.3, 0.4) is 0 Å². The summed E-state index contributed by atoms with van der Waals surface area (Å²) in [5.74, 6) is 0. The topological polar surface area (TPSA) is 17.1 Å². The first kappa shape index (κ1) is 10.4. The van der Waals surface area contributed by atoms with Crippen LogP contribution in [0.1, 0.15) is 16.7 Å². The molecule has 1 aromatic rings. The van der Waals surface area contributed by atoms with Crippen LogP contribution >= 0.6 is 9.12 Å². The first-order chi connectivity index (χ1) is 5.22. The first-order valence-corrected chi connectivity index (χ1v) is 4.11. The quantitative estimate of drug-likeness (QED) is 0.547. The Bertz CT molecular complexity index is 213. The molecule has 0 saturated carbocycles. The van der Waals surface area contributed by atoms with Crippen molar-refractivity contribution in [3.8, 4) is 0 Å². The van der Waals surface area contributed by atoms with Gasteiger partial charge in [-0.25, -0.2) is 0 Å². The van der Waals surface area contributed by atoms with Gasteiger partial charge in [0.05, 0.1) is 9.12 Å². The fourth-order valence-corrected chi connectivity index (χ4v) is 0.898. The van der Waals surface area contributed by atoms with Crippen LogP contribution in [-0.2, 0) is 4.57 Å². The maximum absolute atomic E-state index is 8.28. The number of rotatable bonds is 0. The maximum atomic E-state index is 8.28. The lowest BCUT2D eigenvalue weighted by Crippen LogP contribution is -1.82. The number of hydrogen-bond acceptors (Lipinski definition) is 1. The molecule has 1 aromatic carbocycles. The van der Waals surface area contributed by atoms with E-state index in [9.17, 15) is 0 Å². The third kappa shape index (κ3) is 2.90. The van der Waals surface area contributed by atoms with Gasteiger partial charge >= 0.3 is 0 Å². The monoisotopic (exact) mass is 170 g/mol. The van der Waals surface area contributed by atoms with Crippen LogP contribution in [0.2, 0.25) is 0 Å². The van der Waals surface area contributed by atoms with E-state index in [1.807, 2.05) is 0 Å². The molecule has 0 bridgehead atoms. The van der Waals surface area contributed by atoms with Crippen LogP contribution in [0, 0.1) is 20.8 Å². The molecule has 0 aliphatic heterocycles. The summed E-state index contributed by atoms with van der Waals surface area (Å²) in [4.78, 5) is 0. The van der Waals surface area contributed by atoms with Crippen molar-refractivity contribution in [2.75, 3.05) is 0 Å². The summed E-state index contributed by atoms with van der Waals surface area (Å²) < 4.78 is 8.28. The molecule has 0 aromatic heterocycles. The minimum absolute atomic E-state index is 0.611. The fourth-order valence-electron chi connectivity index (χ4n) is 0.898. The molecular weight excluding hydrogens is 155 g/mol. The van der Waals surface area contributed by atoms with E-state index in [2.05, 4.69) is 39.0 Å². The van der Waals surface area contributed by atoms with Crippen molar-refractivity contribution in [2.45, 2.75) is 20.8 Å². The molecule has 62 valence electrons. The molecule has 1 rings (SSSR count). The van der Waals surface area contributed by atoms with Gasteiger partial charge in [0.15, 0.2) is 0 Å². The summed E-state index contributed by atoms with van der Waals surface area (Å²) in [6, 6.07) is 6.38. The van der Waals surface area contributed by atoms with Gasteiger partial charge in [0, 0.05) is 0 Å². The summed E-state index contributed by atoms with van der Waals surface area (Å²) in [7, 11) is 0.611. The fraction of sp³-hybridized carbons (Fsp3) is 0.333. The molecule has 0 N–H and O–H groups in total. The molecular formula is C9H15OP. The highest BCUT2D eigenvalue weighted by Gasteiger charge is 1.91. The van der Waals surface area contributed by atoms with Crippen molar-refractivity contribution >= 4 is 9.12 Å². The molecule has 1 unspecified atom stereocenters. The molecule has 0 fully saturated rings. The zero-order valence-corrected chi connectivity index (χ0v) is 8.76. The summed E-state index contributed by atoms with van der Waals surface area (Å²) in [6.45, 7) is 6.44. The van der Waals surface area contributed by atoms with Gasteiger partial charge in [0.25, 0.3) is 0 Å². The Morgan fingerprint density at radius 3 is 1.64 bits per heavy atom. The Morgan fingerprint density at radius 2 is 1.36 bits per heavy atom. The average Bonchev–Trinajstić information content (AvgIpc) is 2.04. The second-order valence-electron chi connectivity index (χ2n) is 2.52. The number of hydrogen-bond donors (Lipinski definition) is 0. The smallest absolute Gasteiger partial charge is 0.0527 e. The van der Waals surface area contributed by atoms with Gasteiger partial charge in [-0.3, -0.25) is 0 Å². The Balaban J connectivity index is 0.000000461. The number of aryl methyl sites for hydroxylation is 2. The highest BCUT2D eigenvalue weighted by Crippen LogP contribution is 2.09. The minimum Gasteiger partial charge on any atom is -0.333 e. The number of benzene rings is 1. The Morgan fingerprint density at radius 1 is 1.00 bits per heavy atom. The van der Waals surface area contributed by atoms with E-state index in [0.29, 0.717) is 9.12 Å². The lowest BCUT2D eigenvalue weighted by molar-refractivity contribution is 0.607. The minimum atomic E-state index is 0.611. The predicted octanol–water partition coefficient (Wildman–Crippen LogP) is 2.55. The normalized spacial score (nSPS) is 8.64. The lowest BCUT2D eigenvalue weighted by atomic mass is 10.1. The highest BCUT2D eigenvalue weighted by atomic mass is 31.0. The molecule has 1 atom stereocenters. The van der Waals surface area contributed by atoms with Crippen LogP contribution in [0.4, 0.5) is 0 Å². The lowest BCUT2D eigenvalue weighted by Gasteiger charge is -2.00. The molecule has 0 radical (unpaired) electrons. The Kier molecular flexibility index (Phi) is 4.89. The SMILES string of the molecule is Cc1cccc(C)c1C.O=[PH3]. The third-order valence-corrected chi connectivity index (χ3v) is 1.88. The van der Waals surface area contributed by atoms with Gasteiger partial charge in [0.2, 0.25) is 0 Å². The van der Waals surface area contributed by atoms with Gasteiger partial charge in [-0.15, -0.1) is 0 Å².